The van der Waals surface area contributed by atoms with E-state index in [-0.39, 0.29) is 0 Å². The van der Waals surface area contributed by atoms with Crippen LogP contribution in [0, 0.1) is 6.54 Å². The first kappa shape index (κ1) is 5.03. The minimum absolute atomic E-state index is 1.47. The van der Waals surface area contributed by atoms with Gasteiger partial charge in [0.15, 0.2) is 0 Å². The SMILES string of the molecule is C=C[CH]n1cncn1. The minimum atomic E-state index is 1.47. The fourth-order valence-electron chi connectivity index (χ4n) is 0.402. The molecule has 8 heavy (non-hydrogen) atoms. The molecule has 0 fully saturated rings. The number of rotatable bonds is 2. The third-order valence-electron chi connectivity index (χ3n) is 0.695. The highest BCUT2D eigenvalue weighted by Gasteiger charge is 1.81. The van der Waals surface area contributed by atoms with Crippen LogP contribution >= 0.6 is 0 Å². The standard InChI is InChI=1S/C5H6N3/c1-2-3-8-5-6-4-7-8/h2-5H,1H2. The molecule has 0 bridgehead atoms. The quantitative estimate of drug-likeness (QED) is 0.551. The number of nitrogens with zero attached hydrogens (tertiary/aromatic N) is 3. The van der Waals surface area contributed by atoms with Gasteiger partial charge in [0.25, 0.3) is 0 Å². The van der Waals surface area contributed by atoms with Crippen LogP contribution in [0.25, 0.3) is 0 Å². The summed E-state index contributed by atoms with van der Waals surface area (Å²) >= 11 is 0. The summed E-state index contributed by atoms with van der Waals surface area (Å²) in [6, 6.07) is 0. The Morgan fingerprint density at radius 2 is 2.50 bits per heavy atom. The highest BCUT2D eigenvalue weighted by Crippen LogP contribution is 1.80. The molecule has 0 saturated carbocycles. The van der Waals surface area contributed by atoms with Crippen LogP contribution in [0.2, 0.25) is 0 Å². The molecule has 0 aromatic carbocycles. The molecule has 1 aromatic rings. The summed E-state index contributed by atoms with van der Waals surface area (Å²) in [7, 11) is 0. The fourth-order valence-corrected chi connectivity index (χ4v) is 0.402. The van der Waals surface area contributed by atoms with E-state index in [1.807, 2.05) is 0 Å². The van der Waals surface area contributed by atoms with Gasteiger partial charge in [-0.15, -0.1) is 6.58 Å². The van der Waals surface area contributed by atoms with Crippen molar-refractivity contribution in [3.05, 3.63) is 31.9 Å². The summed E-state index contributed by atoms with van der Waals surface area (Å²) in [5, 5.41) is 3.78. The van der Waals surface area contributed by atoms with Crippen molar-refractivity contribution in [2.75, 3.05) is 0 Å². The van der Waals surface area contributed by atoms with Gasteiger partial charge in [0.1, 0.15) is 12.7 Å². The maximum atomic E-state index is 3.78. The predicted octanol–water partition coefficient (Wildman–Crippen LogP) is 0.474. The second-order valence-corrected chi connectivity index (χ2v) is 1.26. The molecule has 3 heteroatoms. The van der Waals surface area contributed by atoms with Gasteiger partial charge in [-0.1, -0.05) is 6.08 Å². The Balaban J connectivity index is 2.62. The molecule has 41 valence electrons. The van der Waals surface area contributed by atoms with E-state index in [4.69, 9.17) is 0 Å². The summed E-state index contributed by atoms with van der Waals surface area (Å²) in [6.07, 6.45) is 4.72. The van der Waals surface area contributed by atoms with Crippen LogP contribution in [0.1, 0.15) is 0 Å². The van der Waals surface area contributed by atoms with Crippen molar-refractivity contribution in [3.8, 4) is 0 Å². The number of hydrogen-bond donors (Lipinski definition) is 0. The number of hydrogen-bond acceptors (Lipinski definition) is 2. The van der Waals surface area contributed by atoms with Crippen LogP contribution in [0.3, 0.4) is 0 Å². The van der Waals surface area contributed by atoms with E-state index in [2.05, 4.69) is 16.7 Å². The van der Waals surface area contributed by atoms with Gasteiger partial charge in [0.05, 0.1) is 6.54 Å². The predicted molar refractivity (Wildman–Crippen MR) is 29.9 cm³/mol. The molecule has 0 N–H and O–H groups in total. The van der Waals surface area contributed by atoms with Gasteiger partial charge in [0.2, 0.25) is 0 Å². The van der Waals surface area contributed by atoms with Crippen LogP contribution in [0.4, 0.5) is 0 Å². The van der Waals surface area contributed by atoms with Gasteiger partial charge in [-0.3, -0.25) is 0 Å². The van der Waals surface area contributed by atoms with Crippen LogP contribution in [0.15, 0.2) is 25.3 Å². The fraction of sp³-hybridized carbons (Fsp3) is 0. The molecule has 1 heterocycles. The molecule has 1 radical (unpaired) electrons. The van der Waals surface area contributed by atoms with Crippen molar-refractivity contribution >= 4 is 0 Å². The second kappa shape index (κ2) is 2.26. The highest BCUT2D eigenvalue weighted by atomic mass is 15.3. The van der Waals surface area contributed by atoms with E-state index in [1.165, 1.54) is 6.33 Å². The van der Waals surface area contributed by atoms with E-state index < -0.39 is 0 Å². The van der Waals surface area contributed by atoms with Gasteiger partial charge >= 0.3 is 0 Å². The first-order valence-corrected chi connectivity index (χ1v) is 2.23. The second-order valence-electron chi connectivity index (χ2n) is 1.26. The highest BCUT2D eigenvalue weighted by molar-refractivity contribution is 4.86. The zero-order chi connectivity index (χ0) is 5.82. The molecule has 0 saturated heterocycles. The van der Waals surface area contributed by atoms with E-state index in [1.54, 1.807) is 23.6 Å². The summed E-state index contributed by atoms with van der Waals surface area (Å²) < 4.78 is 1.58. The molecule has 1 rings (SSSR count). The molecule has 0 amide bonds. The first-order chi connectivity index (χ1) is 3.93. The van der Waals surface area contributed by atoms with Gasteiger partial charge in [-0.2, -0.15) is 5.10 Å². The molecule has 0 aliphatic carbocycles. The van der Waals surface area contributed by atoms with Gasteiger partial charge in [-0.05, 0) is 0 Å². The van der Waals surface area contributed by atoms with Crippen LogP contribution in [-0.2, 0) is 0 Å². The molecule has 3 nitrogen and oxygen atoms in total. The Morgan fingerprint density at radius 1 is 1.62 bits per heavy atom. The molecule has 0 aliphatic heterocycles. The average Bonchev–Trinajstić information content (AvgIpc) is 2.19. The van der Waals surface area contributed by atoms with Crippen molar-refractivity contribution < 1.29 is 0 Å². The molecular weight excluding hydrogens is 102 g/mol. The summed E-state index contributed by atoms with van der Waals surface area (Å²) in [5.41, 5.74) is 0. The third kappa shape index (κ3) is 0.932. The lowest BCUT2D eigenvalue weighted by molar-refractivity contribution is 0.832. The monoisotopic (exact) mass is 108 g/mol. The Labute approximate surface area is 47.7 Å². The topological polar surface area (TPSA) is 30.7 Å². The van der Waals surface area contributed by atoms with Gasteiger partial charge in [-0.25, -0.2) is 9.67 Å². The molecule has 0 unspecified atom stereocenters. The van der Waals surface area contributed by atoms with Crippen molar-refractivity contribution in [1.29, 1.82) is 0 Å². The molecule has 1 aromatic heterocycles. The van der Waals surface area contributed by atoms with Crippen LogP contribution in [0.5, 0.6) is 0 Å². The lowest BCUT2D eigenvalue weighted by Crippen LogP contribution is -1.90. The summed E-state index contributed by atoms with van der Waals surface area (Å²) in [4.78, 5) is 3.71. The average molecular weight is 108 g/mol. The van der Waals surface area contributed by atoms with Gasteiger partial charge in [0, 0.05) is 0 Å². The Hall–Kier alpha value is -1.12. The van der Waals surface area contributed by atoms with Crippen molar-refractivity contribution in [1.82, 2.24) is 14.8 Å². The van der Waals surface area contributed by atoms with E-state index in [0.29, 0.717) is 0 Å². The Kier molecular flexibility index (Phi) is 1.42. The molecular formula is C5H6N3. The minimum Gasteiger partial charge on any atom is -0.244 e. The van der Waals surface area contributed by atoms with Crippen LogP contribution < -0.4 is 0 Å². The smallest absolute Gasteiger partial charge is 0.137 e. The van der Waals surface area contributed by atoms with Crippen LogP contribution in [-0.4, -0.2) is 14.8 Å². The summed E-state index contributed by atoms with van der Waals surface area (Å²) in [6.45, 7) is 5.21. The maximum Gasteiger partial charge on any atom is 0.137 e. The van der Waals surface area contributed by atoms with Crippen molar-refractivity contribution in [2.24, 2.45) is 0 Å². The lowest BCUT2D eigenvalue weighted by atomic mass is 10.6. The Bertz CT molecular complexity index is 154. The zero-order valence-corrected chi connectivity index (χ0v) is 4.36. The normalized spacial score (nSPS) is 9.00. The first-order valence-electron chi connectivity index (χ1n) is 2.23. The molecule has 0 aliphatic rings. The van der Waals surface area contributed by atoms with Gasteiger partial charge < -0.3 is 0 Å². The third-order valence-corrected chi connectivity index (χ3v) is 0.695. The zero-order valence-electron chi connectivity index (χ0n) is 4.36. The Morgan fingerprint density at radius 3 is 3.00 bits per heavy atom. The van der Waals surface area contributed by atoms with E-state index in [9.17, 15) is 0 Å². The number of aromatic nitrogens is 3. The van der Waals surface area contributed by atoms with E-state index in [0.717, 1.165) is 0 Å². The lowest BCUT2D eigenvalue weighted by Gasteiger charge is -1.86. The van der Waals surface area contributed by atoms with Crippen molar-refractivity contribution in [2.45, 2.75) is 0 Å². The molecule has 0 spiro atoms. The summed E-state index contributed by atoms with van der Waals surface area (Å²) in [5.74, 6) is 0. The number of allylic oxidation sites excluding steroid dienone is 1. The largest absolute Gasteiger partial charge is 0.244 e. The van der Waals surface area contributed by atoms with E-state index >= 15 is 0 Å². The maximum absolute atomic E-state index is 3.78. The van der Waals surface area contributed by atoms with Crippen molar-refractivity contribution in [3.63, 3.8) is 0 Å². The molecule has 0 atom stereocenters.